The fraction of sp³-hybridized carbons (Fsp3) is 0.417. The van der Waals surface area contributed by atoms with Crippen molar-refractivity contribution in [3.63, 3.8) is 0 Å². The van der Waals surface area contributed by atoms with Gasteiger partial charge in [-0.25, -0.2) is 0 Å². The number of nitro groups is 1. The maximum atomic E-state index is 11.7. The van der Waals surface area contributed by atoms with Gasteiger partial charge in [0.1, 0.15) is 0 Å². The van der Waals surface area contributed by atoms with Crippen molar-refractivity contribution in [2.24, 2.45) is 11.7 Å². The van der Waals surface area contributed by atoms with Gasteiger partial charge < -0.3 is 11.1 Å². The van der Waals surface area contributed by atoms with Crippen molar-refractivity contribution in [1.82, 2.24) is 0 Å². The fourth-order valence-corrected chi connectivity index (χ4v) is 1.53. The van der Waals surface area contributed by atoms with Crippen molar-refractivity contribution >= 4 is 17.3 Å². The zero-order valence-electron chi connectivity index (χ0n) is 10.5. The molecule has 0 saturated carbocycles. The van der Waals surface area contributed by atoms with Gasteiger partial charge in [0, 0.05) is 23.2 Å². The first-order chi connectivity index (χ1) is 8.45. The Kier molecular flexibility index (Phi) is 4.79. The molecular formula is C12H17N3O3. The number of benzene rings is 1. The van der Waals surface area contributed by atoms with E-state index in [0.29, 0.717) is 24.2 Å². The number of amides is 1. The second-order valence-corrected chi connectivity index (χ2v) is 4.23. The molecule has 1 aromatic carbocycles. The van der Waals surface area contributed by atoms with Crippen LogP contribution in [0.15, 0.2) is 18.2 Å². The molecule has 0 bridgehead atoms. The highest BCUT2D eigenvalue weighted by atomic mass is 16.6. The van der Waals surface area contributed by atoms with Crippen LogP contribution in [0.25, 0.3) is 0 Å². The predicted molar refractivity (Wildman–Crippen MR) is 69.3 cm³/mol. The van der Waals surface area contributed by atoms with E-state index >= 15 is 0 Å². The third-order valence-corrected chi connectivity index (χ3v) is 2.72. The molecule has 1 aromatic rings. The van der Waals surface area contributed by atoms with Crippen LogP contribution in [0.1, 0.15) is 18.9 Å². The fourth-order valence-electron chi connectivity index (χ4n) is 1.53. The Morgan fingerprint density at radius 2 is 2.22 bits per heavy atom. The second-order valence-electron chi connectivity index (χ2n) is 4.23. The number of carbonyl (C=O) groups excluding carboxylic acids is 1. The van der Waals surface area contributed by atoms with Gasteiger partial charge >= 0.3 is 0 Å². The van der Waals surface area contributed by atoms with E-state index < -0.39 is 4.92 Å². The van der Waals surface area contributed by atoms with Crippen LogP contribution >= 0.6 is 0 Å². The van der Waals surface area contributed by atoms with Gasteiger partial charge in [-0.15, -0.1) is 0 Å². The van der Waals surface area contributed by atoms with Crippen LogP contribution < -0.4 is 11.1 Å². The highest BCUT2D eigenvalue weighted by molar-refractivity contribution is 5.92. The highest BCUT2D eigenvalue weighted by Gasteiger charge is 2.15. The van der Waals surface area contributed by atoms with Crippen molar-refractivity contribution < 1.29 is 9.72 Å². The standard InChI is InChI=1S/C12H17N3O3/c1-8-3-4-10(7-11(8)15(17)18)14-12(16)9(2)5-6-13/h3-4,7,9H,5-6,13H2,1-2H3,(H,14,16). The Bertz CT molecular complexity index is 460. The first kappa shape index (κ1) is 14.1. The average molecular weight is 251 g/mol. The molecule has 6 nitrogen and oxygen atoms in total. The largest absolute Gasteiger partial charge is 0.330 e. The lowest BCUT2D eigenvalue weighted by molar-refractivity contribution is -0.385. The molecule has 1 atom stereocenters. The number of nitrogens with two attached hydrogens (primary N) is 1. The lowest BCUT2D eigenvalue weighted by Gasteiger charge is -2.11. The first-order valence-electron chi connectivity index (χ1n) is 5.71. The minimum Gasteiger partial charge on any atom is -0.330 e. The van der Waals surface area contributed by atoms with E-state index in [1.807, 2.05) is 0 Å². The topological polar surface area (TPSA) is 98.3 Å². The van der Waals surface area contributed by atoms with Gasteiger partial charge in [0.25, 0.3) is 5.69 Å². The summed E-state index contributed by atoms with van der Waals surface area (Å²) < 4.78 is 0. The summed E-state index contributed by atoms with van der Waals surface area (Å²) in [5.74, 6) is -0.394. The van der Waals surface area contributed by atoms with Crippen LogP contribution in [-0.4, -0.2) is 17.4 Å². The number of nitrogens with zero attached hydrogens (tertiary/aromatic N) is 1. The van der Waals surface area contributed by atoms with Gasteiger partial charge in [0.2, 0.25) is 5.91 Å². The molecule has 1 amide bonds. The molecule has 0 aliphatic rings. The van der Waals surface area contributed by atoms with Crippen molar-refractivity contribution in [2.75, 3.05) is 11.9 Å². The van der Waals surface area contributed by atoms with Gasteiger partial charge in [-0.3, -0.25) is 14.9 Å². The van der Waals surface area contributed by atoms with Crippen molar-refractivity contribution in [3.05, 3.63) is 33.9 Å². The molecule has 18 heavy (non-hydrogen) atoms. The molecule has 0 aliphatic carbocycles. The minimum atomic E-state index is -0.464. The van der Waals surface area contributed by atoms with Crippen molar-refractivity contribution in [3.8, 4) is 0 Å². The van der Waals surface area contributed by atoms with Crippen LogP contribution in [0.4, 0.5) is 11.4 Å². The number of nitro benzene ring substituents is 1. The van der Waals surface area contributed by atoms with E-state index in [2.05, 4.69) is 5.32 Å². The van der Waals surface area contributed by atoms with E-state index in [-0.39, 0.29) is 17.5 Å². The number of nitrogens with one attached hydrogen (secondary N) is 1. The predicted octanol–water partition coefficient (Wildman–Crippen LogP) is 1.83. The van der Waals surface area contributed by atoms with E-state index in [1.165, 1.54) is 6.07 Å². The number of hydrogen-bond acceptors (Lipinski definition) is 4. The van der Waals surface area contributed by atoms with Gasteiger partial charge in [0.05, 0.1) is 4.92 Å². The SMILES string of the molecule is Cc1ccc(NC(=O)C(C)CCN)cc1[N+](=O)[O-]. The summed E-state index contributed by atoms with van der Waals surface area (Å²) >= 11 is 0. The Balaban J connectivity index is 2.82. The summed E-state index contributed by atoms with van der Waals surface area (Å²) in [7, 11) is 0. The Morgan fingerprint density at radius 1 is 1.56 bits per heavy atom. The zero-order chi connectivity index (χ0) is 13.7. The third kappa shape index (κ3) is 3.53. The van der Waals surface area contributed by atoms with E-state index in [1.54, 1.807) is 26.0 Å². The molecule has 0 spiro atoms. The summed E-state index contributed by atoms with van der Waals surface area (Å²) in [6.45, 7) is 3.86. The molecular weight excluding hydrogens is 234 g/mol. The van der Waals surface area contributed by atoms with Crippen molar-refractivity contribution in [1.29, 1.82) is 0 Å². The summed E-state index contributed by atoms with van der Waals surface area (Å²) in [5, 5.41) is 13.4. The quantitative estimate of drug-likeness (QED) is 0.616. The lowest BCUT2D eigenvalue weighted by Crippen LogP contribution is -2.22. The van der Waals surface area contributed by atoms with Crippen molar-refractivity contribution in [2.45, 2.75) is 20.3 Å². The maximum absolute atomic E-state index is 11.7. The molecule has 0 radical (unpaired) electrons. The molecule has 0 aliphatic heterocycles. The molecule has 0 saturated heterocycles. The van der Waals surface area contributed by atoms with E-state index in [0.717, 1.165) is 0 Å². The smallest absolute Gasteiger partial charge is 0.274 e. The Hall–Kier alpha value is -1.95. The molecule has 0 fully saturated rings. The Labute approximate surface area is 105 Å². The van der Waals surface area contributed by atoms with Gasteiger partial charge in [-0.05, 0) is 26.0 Å². The number of anilines is 1. The summed E-state index contributed by atoms with van der Waals surface area (Å²) in [6.07, 6.45) is 0.583. The van der Waals surface area contributed by atoms with E-state index in [4.69, 9.17) is 5.73 Å². The van der Waals surface area contributed by atoms with Crippen LogP contribution in [0.2, 0.25) is 0 Å². The third-order valence-electron chi connectivity index (χ3n) is 2.72. The molecule has 1 unspecified atom stereocenters. The summed E-state index contributed by atoms with van der Waals surface area (Å²) in [4.78, 5) is 22.0. The van der Waals surface area contributed by atoms with Crippen LogP contribution in [0.5, 0.6) is 0 Å². The summed E-state index contributed by atoms with van der Waals surface area (Å²) in [6, 6.07) is 4.62. The first-order valence-corrected chi connectivity index (χ1v) is 5.71. The summed E-state index contributed by atoms with van der Waals surface area (Å²) in [5.41, 5.74) is 6.37. The molecule has 0 aromatic heterocycles. The number of aryl methyl sites for hydroxylation is 1. The molecule has 3 N–H and O–H groups in total. The lowest BCUT2D eigenvalue weighted by atomic mass is 10.1. The number of carbonyl (C=O) groups is 1. The maximum Gasteiger partial charge on any atom is 0.274 e. The minimum absolute atomic E-state index is 0.000669. The van der Waals surface area contributed by atoms with Crippen LogP contribution in [0.3, 0.4) is 0 Å². The van der Waals surface area contributed by atoms with Crippen LogP contribution in [-0.2, 0) is 4.79 Å². The average Bonchev–Trinajstić information content (AvgIpc) is 2.31. The van der Waals surface area contributed by atoms with Gasteiger partial charge in [-0.2, -0.15) is 0 Å². The second kappa shape index (κ2) is 6.11. The highest BCUT2D eigenvalue weighted by Crippen LogP contribution is 2.22. The molecule has 1 rings (SSSR count). The molecule has 6 heteroatoms. The number of rotatable bonds is 5. The normalized spacial score (nSPS) is 11.9. The van der Waals surface area contributed by atoms with Crippen LogP contribution in [0, 0.1) is 23.0 Å². The molecule has 98 valence electrons. The monoisotopic (exact) mass is 251 g/mol. The van der Waals surface area contributed by atoms with E-state index in [9.17, 15) is 14.9 Å². The number of hydrogen-bond donors (Lipinski definition) is 2. The zero-order valence-corrected chi connectivity index (χ0v) is 10.5. The Morgan fingerprint density at radius 3 is 2.78 bits per heavy atom. The van der Waals surface area contributed by atoms with Gasteiger partial charge in [-0.1, -0.05) is 13.0 Å². The van der Waals surface area contributed by atoms with Gasteiger partial charge in [0.15, 0.2) is 0 Å². The molecule has 0 heterocycles.